The Morgan fingerprint density at radius 1 is 1.38 bits per heavy atom. The number of ether oxygens (including phenoxy) is 1. The van der Waals surface area contributed by atoms with Crippen LogP contribution in [0.15, 0.2) is 30.9 Å². The van der Waals surface area contributed by atoms with Gasteiger partial charge in [-0.2, -0.15) is 0 Å². The standard InChI is InChI=1S/C14H21NO/c1-3-5-10-16-14-12(7-4-2)8-6-9-13(14)11-15/h4,6,8-9H,2-3,5,7,10-11,15H2,1H3. The molecule has 0 atom stereocenters. The highest BCUT2D eigenvalue weighted by Gasteiger charge is 2.07. The summed E-state index contributed by atoms with van der Waals surface area (Å²) in [5, 5.41) is 0. The van der Waals surface area contributed by atoms with E-state index in [1.165, 1.54) is 5.56 Å². The Labute approximate surface area is 98.1 Å². The summed E-state index contributed by atoms with van der Waals surface area (Å²) in [5.41, 5.74) is 7.97. The van der Waals surface area contributed by atoms with Gasteiger partial charge in [-0.1, -0.05) is 37.6 Å². The molecule has 0 bridgehead atoms. The van der Waals surface area contributed by atoms with Crippen molar-refractivity contribution in [1.82, 2.24) is 0 Å². The second kappa shape index (κ2) is 7.07. The van der Waals surface area contributed by atoms with Crippen LogP contribution in [0.4, 0.5) is 0 Å². The van der Waals surface area contributed by atoms with E-state index in [4.69, 9.17) is 10.5 Å². The summed E-state index contributed by atoms with van der Waals surface area (Å²) in [6.45, 7) is 7.20. The monoisotopic (exact) mass is 219 g/mol. The minimum atomic E-state index is 0.520. The second-order valence-corrected chi connectivity index (χ2v) is 3.80. The van der Waals surface area contributed by atoms with Crippen molar-refractivity contribution in [2.75, 3.05) is 6.61 Å². The highest BCUT2D eigenvalue weighted by atomic mass is 16.5. The molecule has 0 saturated heterocycles. The van der Waals surface area contributed by atoms with Crippen molar-refractivity contribution in [3.05, 3.63) is 42.0 Å². The molecule has 1 aromatic rings. The maximum absolute atomic E-state index is 5.82. The molecule has 0 fully saturated rings. The molecule has 2 N–H and O–H groups in total. The fourth-order valence-electron chi connectivity index (χ4n) is 1.62. The molecule has 2 heteroatoms. The van der Waals surface area contributed by atoms with E-state index >= 15 is 0 Å². The van der Waals surface area contributed by atoms with Crippen molar-refractivity contribution >= 4 is 0 Å². The van der Waals surface area contributed by atoms with Gasteiger partial charge in [-0.05, 0) is 18.4 Å². The second-order valence-electron chi connectivity index (χ2n) is 3.80. The molecule has 0 amide bonds. The highest BCUT2D eigenvalue weighted by molar-refractivity contribution is 5.42. The first-order valence-electron chi connectivity index (χ1n) is 5.88. The largest absolute Gasteiger partial charge is 0.493 e. The maximum atomic E-state index is 5.82. The number of allylic oxidation sites excluding steroid dienone is 1. The molecule has 0 saturated carbocycles. The van der Waals surface area contributed by atoms with Gasteiger partial charge in [-0.3, -0.25) is 0 Å². The fraction of sp³-hybridized carbons (Fsp3) is 0.429. The number of unbranched alkanes of at least 4 members (excludes halogenated alkanes) is 1. The molecule has 0 radical (unpaired) electrons. The van der Waals surface area contributed by atoms with Crippen LogP contribution in [0.3, 0.4) is 0 Å². The molecule has 88 valence electrons. The normalized spacial score (nSPS) is 10.1. The van der Waals surface area contributed by atoms with Crippen LogP contribution < -0.4 is 10.5 Å². The van der Waals surface area contributed by atoms with E-state index in [1.54, 1.807) is 0 Å². The van der Waals surface area contributed by atoms with Gasteiger partial charge in [0.1, 0.15) is 5.75 Å². The lowest BCUT2D eigenvalue weighted by Gasteiger charge is -2.14. The average Bonchev–Trinajstić information content (AvgIpc) is 2.31. The number of para-hydroxylation sites is 1. The molecular formula is C14H21NO. The molecule has 0 spiro atoms. The molecule has 2 nitrogen and oxygen atoms in total. The van der Waals surface area contributed by atoms with Crippen molar-refractivity contribution in [2.45, 2.75) is 32.7 Å². The van der Waals surface area contributed by atoms with E-state index in [0.29, 0.717) is 6.54 Å². The van der Waals surface area contributed by atoms with Crippen molar-refractivity contribution in [3.8, 4) is 5.75 Å². The minimum absolute atomic E-state index is 0.520. The van der Waals surface area contributed by atoms with E-state index in [9.17, 15) is 0 Å². The molecular weight excluding hydrogens is 198 g/mol. The Morgan fingerprint density at radius 3 is 2.75 bits per heavy atom. The third-order valence-electron chi connectivity index (χ3n) is 2.51. The van der Waals surface area contributed by atoms with Gasteiger partial charge < -0.3 is 10.5 Å². The molecule has 1 rings (SSSR count). The van der Waals surface area contributed by atoms with Crippen LogP contribution in [0.2, 0.25) is 0 Å². The Morgan fingerprint density at radius 2 is 2.12 bits per heavy atom. The summed E-state index contributed by atoms with van der Waals surface area (Å²) in [5.74, 6) is 0.957. The van der Waals surface area contributed by atoms with Crippen molar-refractivity contribution in [3.63, 3.8) is 0 Å². The number of nitrogens with two attached hydrogens (primary N) is 1. The summed E-state index contributed by atoms with van der Waals surface area (Å²) in [6, 6.07) is 6.11. The van der Waals surface area contributed by atoms with Gasteiger partial charge in [0.2, 0.25) is 0 Å². The van der Waals surface area contributed by atoms with Crippen molar-refractivity contribution in [1.29, 1.82) is 0 Å². The quantitative estimate of drug-likeness (QED) is 0.565. The van der Waals surface area contributed by atoms with E-state index in [1.807, 2.05) is 18.2 Å². The zero-order chi connectivity index (χ0) is 11.8. The lowest BCUT2D eigenvalue weighted by molar-refractivity contribution is 0.304. The first-order chi connectivity index (χ1) is 7.83. The van der Waals surface area contributed by atoms with Crippen LogP contribution in [-0.4, -0.2) is 6.61 Å². The summed E-state index contributed by atoms with van der Waals surface area (Å²) >= 11 is 0. The van der Waals surface area contributed by atoms with E-state index in [0.717, 1.165) is 37.2 Å². The van der Waals surface area contributed by atoms with Crippen LogP contribution >= 0.6 is 0 Å². The number of hydrogen-bond donors (Lipinski definition) is 1. The summed E-state index contributed by atoms with van der Waals surface area (Å²) in [4.78, 5) is 0. The van der Waals surface area contributed by atoms with E-state index in [-0.39, 0.29) is 0 Å². The van der Waals surface area contributed by atoms with E-state index in [2.05, 4.69) is 19.6 Å². The van der Waals surface area contributed by atoms with Crippen molar-refractivity contribution in [2.24, 2.45) is 5.73 Å². The highest BCUT2D eigenvalue weighted by Crippen LogP contribution is 2.24. The fourth-order valence-corrected chi connectivity index (χ4v) is 1.62. The van der Waals surface area contributed by atoms with Gasteiger partial charge in [0, 0.05) is 12.1 Å². The van der Waals surface area contributed by atoms with Crippen LogP contribution in [0.1, 0.15) is 30.9 Å². The lowest BCUT2D eigenvalue weighted by Crippen LogP contribution is -2.06. The Balaban J connectivity index is 2.85. The number of benzene rings is 1. The first kappa shape index (κ1) is 12.8. The Kier molecular flexibility index (Phi) is 5.65. The van der Waals surface area contributed by atoms with E-state index < -0.39 is 0 Å². The van der Waals surface area contributed by atoms with Crippen LogP contribution in [0.25, 0.3) is 0 Å². The first-order valence-corrected chi connectivity index (χ1v) is 5.88. The molecule has 0 unspecified atom stereocenters. The summed E-state index contributed by atoms with van der Waals surface area (Å²) in [6.07, 6.45) is 4.94. The van der Waals surface area contributed by atoms with Crippen molar-refractivity contribution < 1.29 is 4.74 Å². The molecule has 0 aliphatic rings. The zero-order valence-electron chi connectivity index (χ0n) is 10.0. The smallest absolute Gasteiger partial charge is 0.127 e. The Bertz CT molecular complexity index is 334. The van der Waals surface area contributed by atoms with Gasteiger partial charge in [-0.25, -0.2) is 0 Å². The van der Waals surface area contributed by atoms with Crippen LogP contribution in [-0.2, 0) is 13.0 Å². The van der Waals surface area contributed by atoms with Gasteiger partial charge in [0.15, 0.2) is 0 Å². The van der Waals surface area contributed by atoms with Gasteiger partial charge in [0.25, 0.3) is 0 Å². The van der Waals surface area contributed by atoms with Crippen LogP contribution in [0, 0.1) is 0 Å². The average molecular weight is 219 g/mol. The summed E-state index contributed by atoms with van der Waals surface area (Å²) in [7, 11) is 0. The SMILES string of the molecule is C=CCc1cccc(CN)c1OCCCC. The number of rotatable bonds is 7. The molecule has 0 aromatic heterocycles. The third-order valence-corrected chi connectivity index (χ3v) is 2.51. The summed E-state index contributed by atoms with van der Waals surface area (Å²) < 4.78 is 5.82. The molecule has 0 heterocycles. The predicted molar refractivity (Wildman–Crippen MR) is 68.6 cm³/mol. The predicted octanol–water partition coefficient (Wildman–Crippen LogP) is 3.05. The topological polar surface area (TPSA) is 35.2 Å². The minimum Gasteiger partial charge on any atom is -0.493 e. The van der Waals surface area contributed by atoms with Gasteiger partial charge in [0.05, 0.1) is 6.61 Å². The third kappa shape index (κ3) is 3.38. The maximum Gasteiger partial charge on any atom is 0.127 e. The molecule has 0 aliphatic heterocycles. The zero-order valence-corrected chi connectivity index (χ0v) is 10.0. The number of hydrogen-bond acceptors (Lipinski definition) is 2. The molecule has 1 aromatic carbocycles. The Hall–Kier alpha value is -1.28. The van der Waals surface area contributed by atoms with Crippen LogP contribution in [0.5, 0.6) is 5.75 Å². The van der Waals surface area contributed by atoms with Gasteiger partial charge in [-0.15, -0.1) is 6.58 Å². The van der Waals surface area contributed by atoms with Gasteiger partial charge >= 0.3 is 0 Å². The molecule has 0 aliphatic carbocycles. The molecule has 16 heavy (non-hydrogen) atoms. The lowest BCUT2D eigenvalue weighted by atomic mass is 10.1.